The zero-order valence-corrected chi connectivity index (χ0v) is 17.4. The molecule has 1 aliphatic rings. The minimum absolute atomic E-state index is 0.135. The second-order valence-electron chi connectivity index (χ2n) is 8.44. The summed E-state index contributed by atoms with van der Waals surface area (Å²) in [4.78, 5) is 16.0. The van der Waals surface area contributed by atoms with E-state index in [-0.39, 0.29) is 12.0 Å². The Morgan fingerprint density at radius 2 is 1.90 bits per heavy atom. The summed E-state index contributed by atoms with van der Waals surface area (Å²) in [5.41, 5.74) is 8.99. The van der Waals surface area contributed by atoms with E-state index in [1.807, 2.05) is 0 Å². The van der Waals surface area contributed by atoms with Gasteiger partial charge < -0.3 is 4.74 Å². The summed E-state index contributed by atoms with van der Waals surface area (Å²) in [5.74, 6) is -4.05. The summed E-state index contributed by atoms with van der Waals surface area (Å²) < 4.78 is 49.8. The lowest BCUT2D eigenvalue weighted by Crippen LogP contribution is -2.43. The van der Waals surface area contributed by atoms with Crippen LogP contribution in [0, 0.1) is 5.82 Å². The van der Waals surface area contributed by atoms with Crippen LogP contribution in [-0.2, 0) is 11.2 Å². The summed E-state index contributed by atoms with van der Waals surface area (Å²) >= 11 is 0. The van der Waals surface area contributed by atoms with Gasteiger partial charge in [-0.3, -0.25) is 4.90 Å². The van der Waals surface area contributed by atoms with E-state index < -0.39 is 42.1 Å². The fraction of sp³-hybridized carbons (Fsp3) is 0.409. The Hall–Kier alpha value is -3.19. The largest absolute Gasteiger partial charge is 0.444 e. The van der Waals surface area contributed by atoms with Crippen LogP contribution in [0.4, 0.5) is 18.0 Å². The molecule has 1 saturated heterocycles. The molecule has 164 valence electrons. The van der Waals surface area contributed by atoms with Gasteiger partial charge in [0.15, 0.2) is 0 Å². The van der Waals surface area contributed by atoms with Crippen molar-refractivity contribution in [1.29, 1.82) is 0 Å². The summed E-state index contributed by atoms with van der Waals surface area (Å²) in [5, 5.41) is 3.25. The number of carbonyl (C=O) groups excluding carboxylic acids is 1. The first kappa shape index (κ1) is 22.5. The molecule has 0 saturated carbocycles. The second kappa shape index (κ2) is 8.51. The van der Waals surface area contributed by atoms with Gasteiger partial charge in [0, 0.05) is 10.5 Å². The SMILES string of the molecule is CC(C)(C)OC(=O)N1CC(F)(F)C(N=[N+]=[N-])C1Cc1cccc(-c2ccccc2)c1F. The van der Waals surface area contributed by atoms with Crippen LogP contribution in [0.1, 0.15) is 26.3 Å². The quantitative estimate of drug-likeness (QED) is 0.339. The third kappa shape index (κ3) is 4.94. The first-order valence-corrected chi connectivity index (χ1v) is 9.78. The van der Waals surface area contributed by atoms with Crippen LogP contribution < -0.4 is 0 Å². The van der Waals surface area contributed by atoms with Gasteiger partial charge in [-0.15, -0.1) is 0 Å². The molecule has 1 aliphatic heterocycles. The van der Waals surface area contributed by atoms with Crippen LogP contribution in [0.5, 0.6) is 0 Å². The van der Waals surface area contributed by atoms with E-state index in [9.17, 15) is 13.6 Å². The Kier molecular flexibility index (Phi) is 6.18. The number of nitrogens with zero attached hydrogens (tertiary/aromatic N) is 4. The smallest absolute Gasteiger partial charge is 0.410 e. The minimum atomic E-state index is -3.47. The molecule has 0 radical (unpaired) electrons. The molecule has 0 aliphatic carbocycles. The van der Waals surface area contributed by atoms with Crippen molar-refractivity contribution in [1.82, 2.24) is 4.90 Å². The highest BCUT2D eigenvalue weighted by Crippen LogP contribution is 2.38. The zero-order valence-electron chi connectivity index (χ0n) is 17.4. The highest BCUT2D eigenvalue weighted by atomic mass is 19.3. The summed E-state index contributed by atoms with van der Waals surface area (Å²) in [6.07, 6.45) is -1.22. The van der Waals surface area contributed by atoms with Crippen LogP contribution in [0.25, 0.3) is 21.6 Å². The highest BCUT2D eigenvalue weighted by Gasteiger charge is 2.56. The number of alkyl halides is 2. The molecule has 2 unspecified atom stereocenters. The minimum Gasteiger partial charge on any atom is -0.444 e. The van der Waals surface area contributed by atoms with Crippen molar-refractivity contribution in [3.8, 4) is 11.1 Å². The molecular formula is C22H23F3N4O2. The number of azide groups is 1. The van der Waals surface area contributed by atoms with Crippen molar-refractivity contribution in [2.75, 3.05) is 6.54 Å². The Labute approximate surface area is 178 Å². The van der Waals surface area contributed by atoms with Gasteiger partial charge in [0.25, 0.3) is 5.92 Å². The molecule has 9 heteroatoms. The van der Waals surface area contributed by atoms with E-state index in [1.165, 1.54) is 6.07 Å². The van der Waals surface area contributed by atoms with Crippen molar-refractivity contribution in [2.45, 2.75) is 50.8 Å². The molecule has 3 rings (SSSR count). The Balaban J connectivity index is 1.99. The van der Waals surface area contributed by atoms with Gasteiger partial charge in [-0.25, -0.2) is 18.0 Å². The van der Waals surface area contributed by atoms with E-state index in [0.29, 0.717) is 11.1 Å². The number of hydrogen-bond donors (Lipinski definition) is 0. The van der Waals surface area contributed by atoms with Gasteiger partial charge in [-0.1, -0.05) is 53.6 Å². The average Bonchev–Trinajstić information content (AvgIpc) is 2.94. The fourth-order valence-electron chi connectivity index (χ4n) is 3.65. The van der Waals surface area contributed by atoms with Crippen LogP contribution in [0.15, 0.2) is 53.6 Å². The number of hydrogen-bond acceptors (Lipinski definition) is 3. The zero-order chi connectivity index (χ0) is 22.8. The van der Waals surface area contributed by atoms with Gasteiger partial charge in [-0.2, -0.15) is 0 Å². The molecule has 6 nitrogen and oxygen atoms in total. The predicted octanol–water partition coefficient (Wildman–Crippen LogP) is 5.97. The molecule has 1 heterocycles. The molecule has 31 heavy (non-hydrogen) atoms. The van der Waals surface area contributed by atoms with Crippen molar-refractivity contribution in [2.24, 2.45) is 5.11 Å². The molecule has 2 aromatic carbocycles. The first-order chi connectivity index (χ1) is 14.5. The lowest BCUT2D eigenvalue weighted by Gasteiger charge is -2.29. The van der Waals surface area contributed by atoms with Crippen molar-refractivity contribution >= 4 is 6.09 Å². The summed E-state index contributed by atoms with van der Waals surface area (Å²) in [6, 6.07) is 10.4. The number of amides is 1. The fourth-order valence-corrected chi connectivity index (χ4v) is 3.65. The molecule has 0 spiro atoms. The van der Waals surface area contributed by atoms with E-state index in [2.05, 4.69) is 10.0 Å². The van der Waals surface area contributed by atoms with Crippen molar-refractivity contribution in [3.63, 3.8) is 0 Å². The Bertz CT molecular complexity index is 1000. The van der Waals surface area contributed by atoms with E-state index in [0.717, 1.165) is 4.90 Å². The van der Waals surface area contributed by atoms with E-state index in [1.54, 1.807) is 63.2 Å². The predicted molar refractivity (Wildman–Crippen MR) is 110 cm³/mol. The first-order valence-electron chi connectivity index (χ1n) is 9.78. The number of halogens is 3. The molecule has 0 bridgehead atoms. The monoisotopic (exact) mass is 432 g/mol. The standard InChI is InChI=1S/C22H23F3N4O2/c1-21(2,3)31-20(30)29-13-22(24,25)19(27-28-26)17(29)12-15-10-7-11-16(18(15)23)14-8-5-4-6-9-14/h4-11,17,19H,12-13H2,1-3H3. The number of ether oxygens (including phenoxy) is 1. The number of likely N-dealkylation sites (tertiary alicyclic amines) is 1. The van der Waals surface area contributed by atoms with Crippen molar-refractivity contribution in [3.05, 3.63) is 70.4 Å². The van der Waals surface area contributed by atoms with Gasteiger partial charge in [0.05, 0.1) is 12.6 Å². The Morgan fingerprint density at radius 1 is 1.23 bits per heavy atom. The second-order valence-corrected chi connectivity index (χ2v) is 8.44. The van der Waals surface area contributed by atoms with Crippen molar-refractivity contribution < 1.29 is 22.7 Å². The van der Waals surface area contributed by atoms with Gasteiger partial charge >= 0.3 is 6.09 Å². The topological polar surface area (TPSA) is 78.3 Å². The molecule has 0 N–H and O–H groups in total. The summed E-state index contributed by atoms with van der Waals surface area (Å²) in [6.45, 7) is 3.86. The maximum absolute atomic E-state index is 15.3. The Morgan fingerprint density at radius 3 is 2.52 bits per heavy atom. The maximum atomic E-state index is 15.3. The molecule has 0 aromatic heterocycles. The lowest BCUT2D eigenvalue weighted by atomic mass is 9.95. The highest BCUT2D eigenvalue weighted by molar-refractivity contribution is 5.70. The normalized spacial score (nSPS) is 20.3. The van der Waals surface area contributed by atoms with Crippen LogP contribution in [0.3, 0.4) is 0 Å². The molecular weight excluding hydrogens is 409 g/mol. The third-order valence-corrected chi connectivity index (χ3v) is 4.98. The average molecular weight is 432 g/mol. The van der Waals surface area contributed by atoms with E-state index >= 15 is 4.39 Å². The summed E-state index contributed by atoms with van der Waals surface area (Å²) in [7, 11) is 0. The number of carbonyl (C=O) groups is 1. The molecule has 1 amide bonds. The van der Waals surface area contributed by atoms with Crippen LogP contribution >= 0.6 is 0 Å². The van der Waals surface area contributed by atoms with Crippen LogP contribution in [0.2, 0.25) is 0 Å². The third-order valence-electron chi connectivity index (χ3n) is 4.98. The number of rotatable bonds is 4. The maximum Gasteiger partial charge on any atom is 0.410 e. The van der Waals surface area contributed by atoms with Gasteiger partial charge in [0.2, 0.25) is 0 Å². The molecule has 2 aromatic rings. The number of benzene rings is 2. The van der Waals surface area contributed by atoms with Gasteiger partial charge in [-0.05, 0) is 43.9 Å². The lowest BCUT2D eigenvalue weighted by molar-refractivity contribution is -0.00932. The molecule has 2 atom stereocenters. The van der Waals surface area contributed by atoms with Crippen LogP contribution in [-0.4, -0.2) is 41.1 Å². The van der Waals surface area contributed by atoms with E-state index in [4.69, 9.17) is 10.3 Å². The van der Waals surface area contributed by atoms with Gasteiger partial charge in [0.1, 0.15) is 17.5 Å². The molecule has 1 fully saturated rings.